The third-order valence-corrected chi connectivity index (χ3v) is 3.58. The van der Waals surface area contributed by atoms with Crippen molar-refractivity contribution in [3.63, 3.8) is 0 Å². The first-order valence-corrected chi connectivity index (χ1v) is 7.61. The summed E-state index contributed by atoms with van der Waals surface area (Å²) < 4.78 is 21.0. The van der Waals surface area contributed by atoms with Crippen LogP contribution in [0.3, 0.4) is 0 Å². The zero-order valence-electron chi connectivity index (χ0n) is 13.9. The Morgan fingerprint density at radius 3 is 2.56 bits per heavy atom. The first-order valence-electron chi connectivity index (χ1n) is 7.61. The predicted molar refractivity (Wildman–Crippen MR) is 90.6 cm³/mol. The maximum absolute atomic E-state index is 11.6. The Morgan fingerprint density at radius 1 is 1.04 bits per heavy atom. The van der Waals surface area contributed by atoms with Crippen molar-refractivity contribution in [3.05, 3.63) is 65.9 Å². The molecule has 3 aromatic rings. The molecule has 6 heteroatoms. The minimum Gasteiger partial charge on any atom is -0.493 e. The number of aromatic nitrogens is 1. The second-order valence-electron chi connectivity index (χ2n) is 5.19. The molecule has 0 atom stereocenters. The highest BCUT2D eigenvalue weighted by molar-refractivity contribution is 5.90. The molecule has 6 nitrogen and oxygen atoms in total. The molecule has 0 aliphatic heterocycles. The number of ether oxygens (including phenoxy) is 3. The van der Waals surface area contributed by atoms with E-state index in [2.05, 4.69) is 5.16 Å². The van der Waals surface area contributed by atoms with Crippen LogP contribution in [0.1, 0.15) is 16.1 Å². The molecular formula is C19H17NO5. The lowest BCUT2D eigenvalue weighted by Gasteiger charge is -2.10. The summed E-state index contributed by atoms with van der Waals surface area (Å²) in [7, 11) is 2.83. The maximum Gasteiger partial charge on any atom is 0.337 e. The van der Waals surface area contributed by atoms with Crippen LogP contribution in [0, 0.1) is 0 Å². The van der Waals surface area contributed by atoms with E-state index in [1.807, 2.05) is 36.4 Å². The molecule has 0 fully saturated rings. The molecule has 25 heavy (non-hydrogen) atoms. The molecule has 0 bridgehead atoms. The van der Waals surface area contributed by atoms with Crippen LogP contribution in [-0.2, 0) is 11.3 Å². The average Bonchev–Trinajstić information content (AvgIpc) is 3.15. The first-order chi connectivity index (χ1) is 12.2. The normalized spacial score (nSPS) is 10.3. The quantitative estimate of drug-likeness (QED) is 0.638. The van der Waals surface area contributed by atoms with E-state index in [0.717, 1.165) is 5.56 Å². The van der Waals surface area contributed by atoms with Gasteiger partial charge in [0.25, 0.3) is 0 Å². The summed E-state index contributed by atoms with van der Waals surface area (Å²) >= 11 is 0. The summed E-state index contributed by atoms with van der Waals surface area (Å²) in [5, 5.41) is 4.01. The lowest BCUT2D eigenvalue weighted by Crippen LogP contribution is -2.03. The van der Waals surface area contributed by atoms with Crippen LogP contribution in [0.25, 0.3) is 11.3 Å². The van der Waals surface area contributed by atoms with Gasteiger partial charge in [0.1, 0.15) is 12.3 Å². The van der Waals surface area contributed by atoms with E-state index in [4.69, 9.17) is 18.7 Å². The van der Waals surface area contributed by atoms with Crippen LogP contribution in [0.15, 0.2) is 59.1 Å². The van der Waals surface area contributed by atoms with E-state index in [-0.39, 0.29) is 6.61 Å². The van der Waals surface area contributed by atoms with E-state index in [0.29, 0.717) is 28.5 Å². The summed E-state index contributed by atoms with van der Waals surface area (Å²) in [5.74, 6) is 1.18. The highest BCUT2D eigenvalue weighted by Gasteiger charge is 2.13. The molecule has 1 heterocycles. The Morgan fingerprint density at radius 2 is 1.84 bits per heavy atom. The van der Waals surface area contributed by atoms with E-state index in [1.54, 1.807) is 18.2 Å². The van der Waals surface area contributed by atoms with Crippen molar-refractivity contribution in [2.75, 3.05) is 14.2 Å². The molecule has 1 aromatic heterocycles. The molecule has 0 aliphatic carbocycles. The van der Waals surface area contributed by atoms with Crippen molar-refractivity contribution < 1.29 is 23.5 Å². The second kappa shape index (κ2) is 7.53. The maximum atomic E-state index is 11.6. The zero-order valence-corrected chi connectivity index (χ0v) is 13.9. The fraction of sp³-hybridized carbons (Fsp3) is 0.158. The summed E-state index contributed by atoms with van der Waals surface area (Å²) in [6.45, 7) is 0.213. The molecule has 3 rings (SSSR count). The van der Waals surface area contributed by atoms with Gasteiger partial charge in [-0.1, -0.05) is 35.5 Å². The molecule has 0 N–H and O–H groups in total. The fourth-order valence-corrected chi connectivity index (χ4v) is 2.30. The zero-order chi connectivity index (χ0) is 17.6. The third-order valence-electron chi connectivity index (χ3n) is 3.58. The molecule has 0 unspecified atom stereocenters. The largest absolute Gasteiger partial charge is 0.493 e. The van der Waals surface area contributed by atoms with Crippen LogP contribution in [-0.4, -0.2) is 25.3 Å². The van der Waals surface area contributed by atoms with Crippen LogP contribution >= 0.6 is 0 Å². The Bertz CT molecular complexity index is 857. The standard InChI is InChI=1S/C19H17NO5/c1-22-18-10-14(19(21)23-2)8-9-16(18)24-12-15-11-17(25-20-15)13-6-4-3-5-7-13/h3-11H,12H2,1-2H3. The van der Waals surface area contributed by atoms with Gasteiger partial charge in [-0.3, -0.25) is 0 Å². The smallest absolute Gasteiger partial charge is 0.337 e. The summed E-state index contributed by atoms with van der Waals surface area (Å²) in [5.41, 5.74) is 1.98. The number of rotatable bonds is 6. The minimum atomic E-state index is -0.436. The number of hydrogen-bond acceptors (Lipinski definition) is 6. The summed E-state index contributed by atoms with van der Waals surface area (Å²) in [6.07, 6.45) is 0. The van der Waals surface area contributed by atoms with Gasteiger partial charge < -0.3 is 18.7 Å². The minimum absolute atomic E-state index is 0.213. The van der Waals surface area contributed by atoms with E-state index in [9.17, 15) is 4.79 Å². The van der Waals surface area contributed by atoms with Crippen LogP contribution in [0.2, 0.25) is 0 Å². The van der Waals surface area contributed by atoms with Crippen LogP contribution in [0.5, 0.6) is 11.5 Å². The van der Waals surface area contributed by atoms with Gasteiger partial charge in [-0.2, -0.15) is 0 Å². The average molecular weight is 339 g/mol. The van der Waals surface area contributed by atoms with Crippen LogP contribution < -0.4 is 9.47 Å². The van der Waals surface area contributed by atoms with Crippen molar-refractivity contribution in [1.82, 2.24) is 5.16 Å². The molecule has 2 aromatic carbocycles. The van der Waals surface area contributed by atoms with Gasteiger partial charge in [0, 0.05) is 11.6 Å². The second-order valence-corrected chi connectivity index (χ2v) is 5.19. The SMILES string of the molecule is COC(=O)c1ccc(OCc2cc(-c3ccccc3)on2)c(OC)c1. The molecule has 0 saturated heterocycles. The van der Waals surface area contributed by atoms with Crippen molar-refractivity contribution in [2.24, 2.45) is 0 Å². The number of methoxy groups -OCH3 is 2. The van der Waals surface area contributed by atoms with Gasteiger partial charge in [0.2, 0.25) is 0 Å². The lowest BCUT2D eigenvalue weighted by atomic mass is 10.2. The molecule has 0 radical (unpaired) electrons. The highest BCUT2D eigenvalue weighted by atomic mass is 16.5. The number of hydrogen-bond donors (Lipinski definition) is 0. The molecule has 128 valence electrons. The molecular weight excluding hydrogens is 322 g/mol. The first kappa shape index (κ1) is 16.6. The van der Waals surface area contributed by atoms with Gasteiger partial charge >= 0.3 is 5.97 Å². The van der Waals surface area contributed by atoms with Crippen molar-refractivity contribution in [3.8, 4) is 22.8 Å². The summed E-state index contributed by atoms with van der Waals surface area (Å²) in [4.78, 5) is 11.6. The van der Waals surface area contributed by atoms with Crippen LogP contribution in [0.4, 0.5) is 0 Å². The number of esters is 1. The molecule has 0 amide bonds. The number of benzene rings is 2. The Kier molecular flexibility index (Phi) is 4.99. The summed E-state index contributed by atoms with van der Waals surface area (Å²) in [6, 6.07) is 16.4. The van der Waals surface area contributed by atoms with Gasteiger partial charge in [-0.15, -0.1) is 0 Å². The Labute approximate surface area is 144 Å². The molecule has 0 aliphatic rings. The Balaban J connectivity index is 1.71. The van der Waals surface area contributed by atoms with Crippen molar-refractivity contribution in [2.45, 2.75) is 6.61 Å². The number of carbonyl (C=O) groups is 1. The predicted octanol–water partition coefficient (Wildman–Crippen LogP) is 3.72. The fourth-order valence-electron chi connectivity index (χ4n) is 2.30. The van der Waals surface area contributed by atoms with Gasteiger partial charge in [0.05, 0.1) is 19.8 Å². The monoisotopic (exact) mass is 339 g/mol. The Hall–Kier alpha value is -3.28. The number of nitrogens with zero attached hydrogens (tertiary/aromatic N) is 1. The van der Waals surface area contributed by atoms with Gasteiger partial charge in [-0.05, 0) is 18.2 Å². The van der Waals surface area contributed by atoms with E-state index in [1.165, 1.54) is 14.2 Å². The van der Waals surface area contributed by atoms with E-state index < -0.39 is 5.97 Å². The lowest BCUT2D eigenvalue weighted by molar-refractivity contribution is 0.0600. The van der Waals surface area contributed by atoms with Crippen molar-refractivity contribution >= 4 is 5.97 Å². The van der Waals surface area contributed by atoms with Gasteiger partial charge in [0.15, 0.2) is 17.3 Å². The van der Waals surface area contributed by atoms with Gasteiger partial charge in [-0.25, -0.2) is 4.79 Å². The highest BCUT2D eigenvalue weighted by Crippen LogP contribution is 2.29. The number of carbonyl (C=O) groups excluding carboxylic acids is 1. The molecule has 0 saturated carbocycles. The molecule has 0 spiro atoms. The van der Waals surface area contributed by atoms with Crippen molar-refractivity contribution in [1.29, 1.82) is 0 Å². The van der Waals surface area contributed by atoms with E-state index >= 15 is 0 Å². The topological polar surface area (TPSA) is 70.8 Å². The third kappa shape index (κ3) is 3.80.